The quantitative estimate of drug-likeness (QED) is 0.310. The number of thiophene rings is 1. The topological polar surface area (TPSA) is 107 Å². The van der Waals surface area contributed by atoms with Crippen LogP contribution in [0.4, 0.5) is 0 Å². The Morgan fingerprint density at radius 2 is 1.91 bits per heavy atom. The van der Waals surface area contributed by atoms with Gasteiger partial charge in [0.2, 0.25) is 0 Å². The Kier molecular flexibility index (Phi) is 4.19. The van der Waals surface area contributed by atoms with E-state index >= 15 is 0 Å². The number of nitrogens with one attached hydrogen (secondary N) is 3. The molecule has 0 saturated carbocycles. The molecule has 0 radical (unpaired) electrons. The lowest BCUT2D eigenvalue weighted by atomic mass is 10.0. The first kappa shape index (κ1) is 18.6. The van der Waals surface area contributed by atoms with Crippen molar-refractivity contribution < 1.29 is 0 Å². The smallest absolute Gasteiger partial charge is 0.159 e. The second kappa shape index (κ2) is 7.21. The molecule has 0 aliphatic heterocycles. The summed E-state index contributed by atoms with van der Waals surface area (Å²) in [5.41, 5.74) is 7.00. The molecule has 0 fully saturated rings. The molecule has 0 atom stereocenters. The number of aromatic nitrogens is 6. The number of fused-ring (bicyclic) bond motifs is 2. The summed E-state index contributed by atoms with van der Waals surface area (Å²) in [5, 5.41) is 16.5. The summed E-state index contributed by atoms with van der Waals surface area (Å²) in [5.74, 6) is 0.684. The van der Waals surface area contributed by atoms with Crippen molar-refractivity contribution in [3.8, 4) is 33.1 Å². The van der Waals surface area contributed by atoms with Crippen molar-refractivity contribution in [3.05, 3.63) is 72.1 Å². The third-order valence-electron chi connectivity index (χ3n) is 5.42. The van der Waals surface area contributed by atoms with Crippen LogP contribution in [0, 0.1) is 5.41 Å². The lowest BCUT2D eigenvalue weighted by Gasteiger charge is -2.01. The number of hydrogen-bond donors (Lipinski definition) is 3. The van der Waals surface area contributed by atoms with Gasteiger partial charge in [-0.25, -0.2) is 4.98 Å². The molecule has 1 aromatic carbocycles. The first-order valence-corrected chi connectivity index (χ1v) is 10.9. The summed E-state index contributed by atoms with van der Waals surface area (Å²) < 4.78 is 0. The van der Waals surface area contributed by atoms with Gasteiger partial charge in [0.15, 0.2) is 5.82 Å². The first-order chi connectivity index (χ1) is 15.7. The van der Waals surface area contributed by atoms with Crippen LogP contribution in [0.3, 0.4) is 0 Å². The summed E-state index contributed by atoms with van der Waals surface area (Å²) in [4.78, 5) is 18.9. The van der Waals surface area contributed by atoms with Crippen LogP contribution in [0.15, 0.2) is 67.3 Å². The van der Waals surface area contributed by atoms with E-state index in [2.05, 4.69) is 37.3 Å². The van der Waals surface area contributed by atoms with E-state index in [1.807, 2.05) is 42.7 Å². The lowest BCUT2D eigenvalue weighted by molar-refractivity contribution is 1.11. The van der Waals surface area contributed by atoms with Gasteiger partial charge >= 0.3 is 0 Å². The minimum atomic E-state index is 0.552. The van der Waals surface area contributed by atoms with E-state index in [-0.39, 0.29) is 0 Å². The van der Waals surface area contributed by atoms with Gasteiger partial charge in [0.25, 0.3) is 0 Å². The zero-order valence-corrected chi connectivity index (χ0v) is 17.9. The van der Waals surface area contributed by atoms with Crippen LogP contribution in [0.5, 0.6) is 0 Å². The van der Waals surface area contributed by atoms with Crippen LogP contribution in [0.2, 0.25) is 0 Å². The minimum Gasteiger partial charge on any atom is -0.335 e. The largest absolute Gasteiger partial charge is 0.335 e. The van der Waals surface area contributed by atoms with Gasteiger partial charge in [-0.1, -0.05) is 12.1 Å². The molecule has 7 nitrogen and oxygen atoms in total. The number of rotatable bonds is 4. The highest BCUT2D eigenvalue weighted by Gasteiger charge is 2.17. The zero-order chi connectivity index (χ0) is 21.7. The van der Waals surface area contributed by atoms with Gasteiger partial charge in [0.05, 0.1) is 17.2 Å². The maximum Gasteiger partial charge on any atom is 0.159 e. The molecule has 154 valence electrons. The number of benzene rings is 1. The van der Waals surface area contributed by atoms with Crippen LogP contribution >= 0.6 is 11.3 Å². The van der Waals surface area contributed by atoms with Crippen molar-refractivity contribution in [2.45, 2.75) is 6.92 Å². The van der Waals surface area contributed by atoms with E-state index in [1.54, 1.807) is 30.7 Å². The van der Waals surface area contributed by atoms with Gasteiger partial charge in [0, 0.05) is 50.6 Å². The highest BCUT2D eigenvalue weighted by molar-refractivity contribution is 7.17. The summed E-state index contributed by atoms with van der Waals surface area (Å²) in [7, 11) is 0. The van der Waals surface area contributed by atoms with Crippen molar-refractivity contribution in [1.29, 1.82) is 5.41 Å². The molecule has 6 rings (SSSR count). The van der Waals surface area contributed by atoms with Crippen LogP contribution < -0.4 is 0 Å². The predicted octanol–water partition coefficient (Wildman–Crippen LogP) is 5.68. The van der Waals surface area contributed by atoms with E-state index in [0.717, 1.165) is 54.1 Å². The summed E-state index contributed by atoms with van der Waals surface area (Å²) in [6.45, 7) is 1.80. The number of aromatic amines is 2. The molecular weight excluding hydrogens is 418 g/mol. The van der Waals surface area contributed by atoms with Gasteiger partial charge in [-0.2, -0.15) is 5.10 Å². The molecule has 5 aromatic heterocycles. The van der Waals surface area contributed by atoms with Crippen LogP contribution in [-0.4, -0.2) is 35.8 Å². The van der Waals surface area contributed by atoms with Gasteiger partial charge in [-0.05, 0) is 42.8 Å². The monoisotopic (exact) mass is 435 g/mol. The summed E-state index contributed by atoms with van der Waals surface area (Å²) >= 11 is 1.57. The summed E-state index contributed by atoms with van der Waals surface area (Å²) in [6.07, 6.45) is 7.23. The number of pyridine rings is 2. The second-order valence-corrected chi connectivity index (χ2v) is 8.62. The molecule has 0 bridgehead atoms. The Morgan fingerprint density at radius 3 is 2.72 bits per heavy atom. The average Bonchev–Trinajstić information content (AvgIpc) is 3.56. The van der Waals surface area contributed by atoms with Crippen molar-refractivity contribution in [2.75, 3.05) is 0 Å². The number of hydrogen-bond acceptors (Lipinski definition) is 6. The fourth-order valence-electron chi connectivity index (χ4n) is 3.82. The van der Waals surface area contributed by atoms with E-state index in [9.17, 15) is 0 Å². The molecule has 0 saturated heterocycles. The van der Waals surface area contributed by atoms with E-state index < -0.39 is 0 Å². The van der Waals surface area contributed by atoms with E-state index in [0.29, 0.717) is 11.5 Å². The number of imidazole rings is 1. The molecule has 0 aliphatic carbocycles. The molecule has 3 N–H and O–H groups in total. The zero-order valence-electron chi connectivity index (χ0n) is 17.0. The molecular formula is C24H17N7S. The fourth-order valence-corrected chi connectivity index (χ4v) is 4.74. The maximum atomic E-state index is 7.89. The molecule has 6 aromatic rings. The highest BCUT2D eigenvalue weighted by Crippen LogP contribution is 2.35. The van der Waals surface area contributed by atoms with Gasteiger partial charge < -0.3 is 10.4 Å². The van der Waals surface area contributed by atoms with Gasteiger partial charge in [-0.3, -0.25) is 15.1 Å². The summed E-state index contributed by atoms with van der Waals surface area (Å²) in [6, 6.07) is 14.1. The number of nitrogens with zero attached hydrogens (tertiary/aromatic N) is 4. The molecule has 8 heteroatoms. The third kappa shape index (κ3) is 3.00. The lowest BCUT2D eigenvalue weighted by Crippen LogP contribution is -1.84. The minimum absolute atomic E-state index is 0.552. The highest BCUT2D eigenvalue weighted by atomic mass is 32.1. The normalized spacial score (nSPS) is 11.4. The molecule has 32 heavy (non-hydrogen) atoms. The Bertz CT molecular complexity index is 1610. The van der Waals surface area contributed by atoms with Crippen molar-refractivity contribution in [3.63, 3.8) is 0 Å². The Labute approximate surface area is 186 Å². The third-order valence-corrected chi connectivity index (χ3v) is 6.66. The van der Waals surface area contributed by atoms with Gasteiger partial charge in [0.1, 0.15) is 11.2 Å². The molecule has 0 amide bonds. The molecule has 5 heterocycles. The molecule has 0 spiro atoms. The van der Waals surface area contributed by atoms with Crippen LogP contribution in [0.1, 0.15) is 11.8 Å². The van der Waals surface area contributed by atoms with E-state index in [4.69, 9.17) is 10.4 Å². The number of H-pyrrole nitrogens is 2. The van der Waals surface area contributed by atoms with Crippen LogP contribution in [0.25, 0.3) is 55.0 Å². The van der Waals surface area contributed by atoms with Gasteiger partial charge in [-0.15, -0.1) is 11.3 Å². The van der Waals surface area contributed by atoms with Crippen molar-refractivity contribution in [1.82, 2.24) is 30.1 Å². The van der Waals surface area contributed by atoms with Crippen LogP contribution in [-0.2, 0) is 0 Å². The van der Waals surface area contributed by atoms with E-state index in [1.165, 1.54) is 0 Å². The predicted molar refractivity (Wildman–Crippen MR) is 128 cm³/mol. The maximum absolute atomic E-state index is 7.89. The first-order valence-electron chi connectivity index (χ1n) is 10.1. The molecule has 0 unspecified atom stereocenters. The van der Waals surface area contributed by atoms with Crippen molar-refractivity contribution >= 4 is 39.0 Å². The van der Waals surface area contributed by atoms with Crippen molar-refractivity contribution in [2.24, 2.45) is 0 Å². The Balaban J connectivity index is 1.49. The standard InChI is InChI=1S/C24H17N7S/c1-13(25)20-6-7-21(32-20)17-11-27-12-19-22(17)29-24(28-19)23-16-9-14(4-5-18(16)30-31-23)15-3-2-8-26-10-15/h2-12,25H,1H3,(H,28,29)(H,30,31). The SMILES string of the molecule is CC(=N)c1ccc(-c2cncc3[nH]c(-c4n[nH]c5ccc(-c6cccnc6)cc45)nc23)s1. The average molecular weight is 436 g/mol. The Morgan fingerprint density at radius 1 is 0.969 bits per heavy atom. The fraction of sp³-hybridized carbons (Fsp3) is 0.0417. The molecule has 0 aliphatic rings. The Hall–Kier alpha value is -4.17. The second-order valence-electron chi connectivity index (χ2n) is 7.53.